The Morgan fingerprint density at radius 3 is 2.39 bits per heavy atom. The molecule has 1 nitrogen and oxygen atoms in total. The zero-order chi connectivity index (χ0) is 13.1. The molecule has 18 heavy (non-hydrogen) atoms. The fourth-order valence-electron chi connectivity index (χ4n) is 1.59. The lowest BCUT2D eigenvalue weighted by molar-refractivity contribution is 0.0992. The van der Waals surface area contributed by atoms with Gasteiger partial charge in [-0.3, -0.25) is 4.79 Å². The summed E-state index contributed by atoms with van der Waals surface area (Å²) in [5.41, 5.74) is 1.76. The van der Waals surface area contributed by atoms with E-state index < -0.39 is 0 Å². The van der Waals surface area contributed by atoms with E-state index in [1.807, 2.05) is 42.5 Å². The number of benzene rings is 2. The Morgan fingerprint density at radius 1 is 1.06 bits per heavy atom. The van der Waals surface area contributed by atoms with Crippen LogP contribution in [0.25, 0.3) is 0 Å². The summed E-state index contributed by atoms with van der Waals surface area (Å²) >= 11 is 9.02. The van der Waals surface area contributed by atoms with Gasteiger partial charge < -0.3 is 0 Å². The van der Waals surface area contributed by atoms with Crippen molar-refractivity contribution in [2.45, 2.75) is 6.42 Å². The van der Waals surface area contributed by atoms with Gasteiger partial charge in [0.15, 0.2) is 5.78 Å². The Kier molecular flexibility index (Phi) is 4.98. The molecule has 0 aromatic heterocycles. The van der Waals surface area contributed by atoms with Crippen LogP contribution in [0.5, 0.6) is 0 Å². The van der Waals surface area contributed by atoms with Crippen LogP contribution in [-0.4, -0.2) is 5.78 Å². The van der Waals surface area contributed by atoms with Crippen molar-refractivity contribution in [2.75, 3.05) is 0 Å². The maximum absolute atomic E-state index is 12.2. The Labute approximate surface area is 136 Å². The van der Waals surface area contributed by atoms with Crippen LogP contribution in [0.3, 0.4) is 0 Å². The van der Waals surface area contributed by atoms with Crippen molar-refractivity contribution in [1.29, 1.82) is 0 Å². The zero-order valence-corrected chi connectivity index (χ0v) is 14.6. The highest BCUT2D eigenvalue weighted by Crippen LogP contribution is 2.21. The number of carbonyl (C=O) groups excluding carboxylic acids is 1. The van der Waals surface area contributed by atoms with Crippen LogP contribution in [0.15, 0.2) is 51.4 Å². The third kappa shape index (κ3) is 3.65. The lowest BCUT2D eigenvalue weighted by atomic mass is 10.0. The molecule has 4 heteroatoms. The predicted octanol–water partition coefficient (Wildman–Crippen LogP) is 5.24. The van der Waals surface area contributed by atoms with Gasteiger partial charge in [0.25, 0.3) is 0 Å². The highest BCUT2D eigenvalue weighted by Gasteiger charge is 2.11. The molecule has 0 aliphatic heterocycles. The Bertz CT molecular complexity index is 579. The molecule has 92 valence electrons. The molecular weight excluding hydrogens is 471 g/mol. The topological polar surface area (TPSA) is 17.1 Å². The van der Waals surface area contributed by atoms with Crippen LogP contribution in [0.4, 0.5) is 0 Å². The molecule has 0 unspecified atom stereocenters. The van der Waals surface area contributed by atoms with E-state index in [2.05, 4.69) is 54.5 Å². The lowest BCUT2D eigenvalue weighted by Gasteiger charge is -2.05. The third-order valence-electron chi connectivity index (χ3n) is 2.51. The maximum atomic E-state index is 12.2. The second-order valence-electron chi connectivity index (χ2n) is 3.85. The van der Waals surface area contributed by atoms with E-state index in [-0.39, 0.29) is 5.78 Å². The summed E-state index contributed by atoms with van der Waals surface area (Å²) < 4.78 is 2.94. The predicted molar refractivity (Wildman–Crippen MR) is 89.0 cm³/mol. The molecule has 0 radical (unpaired) electrons. The van der Waals surface area contributed by atoms with Crippen molar-refractivity contribution in [3.8, 4) is 0 Å². The van der Waals surface area contributed by atoms with Gasteiger partial charge in [-0.05, 0) is 58.5 Å². The maximum Gasteiger partial charge on any atom is 0.168 e. The summed E-state index contributed by atoms with van der Waals surface area (Å²) in [7, 11) is 0. The van der Waals surface area contributed by atoms with Crippen molar-refractivity contribution in [3.05, 3.63) is 66.1 Å². The van der Waals surface area contributed by atoms with E-state index in [0.717, 1.165) is 23.6 Å². The van der Waals surface area contributed by atoms with Crippen LogP contribution < -0.4 is 0 Å². The molecule has 2 aromatic carbocycles. The summed E-state index contributed by atoms with van der Waals surface area (Å²) in [6, 6.07) is 13.6. The van der Waals surface area contributed by atoms with E-state index in [4.69, 9.17) is 0 Å². The Hall–Kier alpha value is -0.200. The molecule has 0 bridgehead atoms. The van der Waals surface area contributed by atoms with E-state index in [1.54, 1.807) is 0 Å². The van der Waals surface area contributed by atoms with Gasteiger partial charge in [0.1, 0.15) is 0 Å². The monoisotopic (exact) mass is 478 g/mol. The normalized spacial score (nSPS) is 10.4. The SMILES string of the molecule is O=C(Cc1ccc(Br)cc1)c1cc(I)ccc1Br. The van der Waals surface area contributed by atoms with Gasteiger partial charge in [0.05, 0.1) is 0 Å². The summed E-state index contributed by atoms with van der Waals surface area (Å²) in [6.07, 6.45) is 0.423. The van der Waals surface area contributed by atoms with Crippen LogP contribution in [0, 0.1) is 3.57 Å². The molecular formula is C14H9Br2IO. The van der Waals surface area contributed by atoms with Crippen molar-refractivity contribution in [2.24, 2.45) is 0 Å². The minimum Gasteiger partial charge on any atom is -0.294 e. The Morgan fingerprint density at radius 2 is 1.72 bits per heavy atom. The van der Waals surface area contributed by atoms with Gasteiger partial charge in [0, 0.05) is 24.5 Å². The number of rotatable bonds is 3. The molecule has 2 aromatic rings. The fraction of sp³-hybridized carbons (Fsp3) is 0.0714. The first-order chi connectivity index (χ1) is 8.56. The van der Waals surface area contributed by atoms with E-state index >= 15 is 0 Å². The molecule has 0 saturated carbocycles. The molecule has 0 saturated heterocycles. The van der Waals surface area contributed by atoms with Gasteiger partial charge in [-0.15, -0.1) is 0 Å². The summed E-state index contributed by atoms with van der Waals surface area (Å²) in [6.45, 7) is 0. The largest absolute Gasteiger partial charge is 0.294 e. The molecule has 0 fully saturated rings. The first kappa shape index (κ1) is 14.2. The van der Waals surface area contributed by atoms with Gasteiger partial charge in [-0.1, -0.05) is 44.0 Å². The fourth-order valence-corrected chi connectivity index (χ4v) is 2.82. The summed E-state index contributed by atoms with van der Waals surface area (Å²) in [5.74, 6) is 0.128. The first-order valence-corrected chi connectivity index (χ1v) is 7.95. The van der Waals surface area contributed by atoms with Gasteiger partial charge in [-0.25, -0.2) is 0 Å². The molecule has 0 amide bonds. The molecule has 0 spiro atoms. The van der Waals surface area contributed by atoms with Gasteiger partial charge in [-0.2, -0.15) is 0 Å². The van der Waals surface area contributed by atoms with Crippen LogP contribution in [-0.2, 0) is 6.42 Å². The third-order valence-corrected chi connectivity index (χ3v) is 4.40. The number of hydrogen-bond donors (Lipinski definition) is 0. The second kappa shape index (κ2) is 6.30. The number of ketones is 1. The highest BCUT2D eigenvalue weighted by atomic mass is 127. The second-order valence-corrected chi connectivity index (χ2v) is 6.87. The summed E-state index contributed by atoms with van der Waals surface area (Å²) in [4.78, 5) is 12.2. The number of carbonyl (C=O) groups is 1. The average molecular weight is 480 g/mol. The number of Topliss-reactive ketones (excluding diaryl/α,β-unsaturated/α-hetero) is 1. The minimum atomic E-state index is 0.128. The van der Waals surface area contributed by atoms with Gasteiger partial charge >= 0.3 is 0 Å². The molecule has 0 heterocycles. The molecule has 2 rings (SSSR count). The lowest BCUT2D eigenvalue weighted by Crippen LogP contribution is -2.04. The van der Waals surface area contributed by atoms with E-state index in [9.17, 15) is 4.79 Å². The zero-order valence-electron chi connectivity index (χ0n) is 9.29. The molecule has 0 N–H and O–H groups in total. The quantitative estimate of drug-likeness (QED) is 0.434. The van der Waals surface area contributed by atoms with E-state index in [1.165, 1.54) is 0 Å². The van der Waals surface area contributed by atoms with Crippen molar-refractivity contribution >= 4 is 60.2 Å². The van der Waals surface area contributed by atoms with Crippen LogP contribution >= 0.6 is 54.5 Å². The molecule has 0 aliphatic rings. The number of hydrogen-bond acceptors (Lipinski definition) is 1. The van der Waals surface area contributed by atoms with Crippen molar-refractivity contribution in [1.82, 2.24) is 0 Å². The van der Waals surface area contributed by atoms with Crippen LogP contribution in [0.1, 0.15) is 15.9 Å². The van der Waals surface area contributed by atoms with Gasteiger partial charge in [0.2, 0.25) is 0 Å². The Balaban J connectivity index is 2.21. The average Bonchev–Trinajstić information content (AvgIpc) is 2.35. The minimum absolute atomic E-state index is 0.128. The first-order valence-electron chi connectivity index (χ1n) is 5.29. The highest BCUT2D eigenvalue weighted by molar-refractivity contribution is 14.1. The smallest absolute Gasteiger partial charge is 0.168 e. The van der Waals surface area contributed by atoms with Crippen molar-refractivity contribution in [3.63, 3.8) is 0 Å². The molecule has 0 aliphatic carbocycles. The van der Waals surface area contributed by atoms with Crippen LogP contribution in [0.2, 0.25) is 0 Å². The molecule has 0 atom stereocenters. The standard InChI is InChI=1S/C14H9Br2IO/c15-10-3-1-9(2-4-10)7-14(18)12-8-11(17)5-6-13(12)16/h1-6,8H,7H2. The van der Waals surface area contributed by atoms with Crippen molar-refractivity contribution < 1.29 is 4.79 Å². The number of halogens is 3. The summed E-state index contributed by atoms with van der Waals surface area (Å²) in [5, 5.41) is 0. The van der Waals surface area contributed by atoms with E-state index in [0.29, 0.717) is 6.42 Å².